The van der Waals surface area contributed by atoms with Gasteiger partial charge in [-0.05, 0) is 30.0 Å². The molecule has 1 saturated heterocycles. The highest BCUT2D eigenvalue weighted by Gasteiger charge is 2.31. The standard InChI is InChI=1S/C13H23BrN4OS/c1-15-12(11-9-20-7-5-17(11)2)13-10(14)8-16-18(13)4-6-19-3/h8,11-12,15H,4-7,9H2,1-3H3. The number of ether oxygens (including phenoxy) is 1. The van der Waals surface area contributed by atoms with Crippen molar-refractivity contribution in [2.24, 2.45) is 0 Å². The number of thioether (sulfide) groups is 1. The quantitative estimate of drug-likeness (QED) is 0.832. The SMILES string of the molecule is CNC(c1c(Br)cnn1CCOC)C1CSCCN1C. The summed E-state index contributed by atoms with van der Waals surface area (Å²) in [7, 11) is 5.95. The van der Waals surface area contributed by atoms with Gasteiger partial charge in [-0.2, -0.15) is 16.9 Å². The number of nitrogens with one attached hydrogen (secondary N) is 1. The van der Waals surface area contributed by atoms with Crippen LogP contribution in [0.1, 0.15) is 11.7 Å². The van der Waals surface area contributed by atoms with Gasteiger partial charge < -0.3 is 10.1 Å². The van der Waals surface area contributed by atoms with E-state index < -0.39 is 0 Å². The minimum atomic E-state index is 0.265. The van der Waals surface area contributed by atoms with Crippen LogP contribution < -0.4 is 5.32 Å². The molecule has 0 bridgehead atoms. The van der Waals surface area contributed by atoms with E-state index in [0.717, 1.165) is 23.3 Å². The van der Waals surface area contributed by atoms with E-state index in [1.165, 1.54) is 11.4 Å². The first-order valence-electron chi connectivity index (χ1n) is 6.84. The zero-order valence-corrected chi connectivity index (χ0v) is 14.7. The van der Waals surface area contributed by atoms with E-state index >= 15 is 0 Å². The fourth-order valence-corrected chi connectivity index (χ4v) is 4.42. The maximum absolute atomic E-state index is 5.18. The predicted octanol–water partition coefficient (Wildman–Crippen LogP) is 1.60. The van der Waals surface area contributed by atoms with Crippen LogP contribution >= 0.6 is 27.7 Å². The number of hydrogen-bond acceptors (Lipinski definition) is 5. The Kier molecular flexibility index (Phi) is 6.35. The summed E-state index contributed by atoms with van der Waals surface area (Å²) in [6, 6.07) is 0.745. The summed E-state index contributed by atoms with van der Waals surface area (Å²) in [5, 5.41) is 7.94. The van der Waals surface area contributed by atoms with Crippen LogP contribution in [0.5, 0.6) is 0 Å². The third kappa shape index (κ3) is 3.57. The molecule has 2 rings (SSSR count). The average molecular weight is 363 g/mol. The number of rotatable bonds is 6. The third-order valence-electron chi connectivity index (χ3n) is 3.77. The molecule has 1 fully saturated rings. The smallest absolute Gasteiger partial charge is 0.0712 e. The summed E-state index contributed by atoms with van der Waals surface area (Å²) in [4.78, 5) is 2.44. The number of aromatic nitrogens is 2. The monoisotopic (exact) mass is 362 g/mol. The summed E-state index contributed by atoms with van der Waals surface area (Å²) in [5.41, 5.74) is 1.21. The average Bonchev–Trinajstić information content (AvgIpc) is 2.81. The lowest BCUT2D eigenvalue weighted by Gasteiger charge is -2.38. The van der Waals surface area contributed by atoms with Crippen LogP contribution in [0.25, 0.3) is 0 Å². The Hall–Kier alpha value is -0.0800. The lowest BCUT2D eigenvalue weighted by atomic mass is 10.0. The highest BCUT2D eigenvalue weighted by molar-refractivity contribution is 9.10. The first-order valence-corrected chi connectivity index (χ1v) is 8.79. The van der Waals surface area contributed by atoms with E-state index in [0.29, 0.717) is 12.6 Å². The molecule has 2 heterocycles. The van der Waals surface area contributed by atoms with Gasteiger partial charge in [-0.1, -0.05) is 0 Å². The molecule has 1 N–H and O–H groups in total. The van der Waals surface area contributed by atoms with E-state index in [-0.39, 0.29) is 6.04 Å². The first kappa shape index (κ1) is 16.3. The van der Waals surface area contributed by atoms with E-state index in [2.05, 4.69) is 38.3 Å². The van der Waals surface area contributed by atoms with E-state index in [9.17, 15) is 0 Å². The van der Waals surface area contributed by atoms with Gasteiger partial charge in [0, 0.05) is 31.2 Å². The molecule has 0 radical (unpaired) electrons. The number of halogens is 1. The molecule has 0 amide bonds. The van der Waals surface area contributed by atoms with E-state index in [1.807, 2.05) is 29.7 Å². The molecule has 20 heavy (non-hydrogen) atoms. The van der Waals surface area contributed by atoms with Gasteiger partial charge >= 0.3 is 0 Å². The van der Waals surface area contributed by atoms with Crippen molar-refractivity contribution in [2.45, 2.75) is 18.6 Å². The second-order valence-electron chi connectivity index (χ2n) is 4.98. The Morgan fingerprint density at radius 1 is 1.65 bits per heavy atom. The molecule has 2 atom stereocenters. The minimum Gasteiger partial charge on any atom is -0.383 e. The van der Waals surface area contributed by atoms with Crippen LogP contribution in [-0.4, -0.2) is 66.6 Å². The van der Waals surface area contributed by atoms with Crippen molar-refractivity contribution in [3.63, 3.8) is 0 Å². The molecular formula is C13H23BrN4OS. The molecule has 0 spiro atoms. The molecule has 0 saturated carbocycles. The second-order valence-corrected chi connectivity index (χ2v) is 6.99. The minimum absolute atomic E-state index is 0.265. The molecule has 1 aromatic heterocycles. The number of methoxy groups -OCH3 is 1. The summed E-state index contributed by atoms with van der Waals surface area (Å²) < 4.78 is 8.29. The normalized spacial score (nSPS) is 22.1. The topological polar surface area (TPSA) is 42.3 Å². The van der Waals surface area contributed by atoms with Gasteiger partial charge in [0.15, 0.2) is 0 Å². The van der Waals surface area contributed by atoms with Crippen LogP contribution in [0.4, 0.5) is 0 Å². The van der Waals surface area contributed by atoms with Crippen LogP contribution in [0.2, 0.25) is 0 Å². The molecular weight excluding hydrogens is 340 g/mol. The molecule has 5 nitrogen and oxygen atoms in total. The first-order chi connectivity index (χ1) is 9.69. The van der Waals surface area contributed by atoms with Gasteiger partial charge in [0.25, 0.3) is 0 Å². The second kappa shape index (κ2) is 7.79. The summed E-state index contributed by atoms with van der Waals surface area (Å²) in [5.74, 6) is 2.36. The van der Waals surface area contributed by atoms with Crippen molar-refractivity contribution in [3.05, 3.63) is 16.4 Å². The van der Waals surface area contributed by atoms with Crippen LogP contribution in [0.15, 0.2) is 10.7 Å². The van der Waals surface area contributed by atoms with Crippen molar-refractivity contribution in [1.82, 2.24) is 20.0 Å². The maximum atomic E-state index is 5.18. The lowest BCUT2D eigenvalue weighted by Crippen LogP contribution is -2.47. The van der Waals surface area contributed by atoms with Gasteiger partial charge in [0.2, 0.25) is 0 Å². The Morgan fingerprint density at radius 2 is 2.45 bits per heavy atom. The fraction of sp³-hybridized carbons (Fsp3) is 0.769. The maximum Gasteiger partial charge on any atom is 0.0712 e. The van der Waals surface area contributed by atoms with Gasteiger partial charge in [-0.25, -0.2) is 0 Å². The van der Waals surface area contributed by atoms with Crippen molar-refractivity contribution in [2.75, 3.05) is 45.9 Å². The molecule has 7 heteroatoms. The van der Waals surface area contributed by atoms with Crippen LogP contribution in [0.3, 0.4) is 0 Å². The van der Waals surface area contributed by atoms with Crippen LogP contribution in [-0.2, 0) is 11.3 Å². The van der Waals surface area contributed by atoms with Gasteiger partial charge in [-0.3, -0.25) is 9.58 Å². The van der Waals surface area contributed by atoms with Crippen molar-refractivity contribution in [3.8, 4) is 0 Å². The Labute approximate surface area is 133 Å². The Balaban J connectivity index is 2.23. The molecule has 1 aliphatic heterocycles. The lowest BCUT2D eigenvalue weighted by molar-refractivity contribution is 0.176. The zero-order chi connectivity index (χ0) is 14.5. The molecule has 1 aromatic rings. The number of likely N-dealkylation sites (N-methyl/N-ethyl adjacent to an activating group) is 2. The molecule has 1 aliphatic rings. The van der Waals surface area contributed by atoms with Crippen LogP contribution in [0, 0.1) is 0 Å². The van der Waals surface area contributed by atoms with Gasteiger partial charge in [0.1, 0.15) is 0 Å². The predicted molar refractivity (Wildman–Crippen MR) is 87.3 cm³/mol. The Bertz CT molecular complexity index is 429. The Morgan fingerprint density at radius 3 is 3.10 bits per heavy atom. The molecule has 114 valence electrons. The van der Waals surface area contributed by atoms with Crippen molar-refractivity contribution in [1.29, 1.82) is 0 Å². The van der Waals surface area contributed by atoms with Crippen molar-refractivity contribution < 1.29 is 4.74 Å². The zero-order valence-electron chi connectivity index (χ0n) is 12.3. The fourth-order valence-electron chi connectivity index (χ4n) is 2.60. The molecule has 2 unspecified atom stereocenters. The number of hydrogen-bond donors (Lipinski definition) is 1. The van der Waals surface area contributed by atoms with Gasteiger partial charge in [-0.15, -0.1) is 0 Å². The summed E-state index contributed by atoms with van der Waals surface area (Å²) in [6.07, 6.45) is 1.88. The largest absolute Gasteiger partial charge is 0.383 e. The van der Waals surface area contributed by atoms with Gasteiger partial charge in [0.05, 0.1) is 35.6 Å². The molecule has 0 aliphatic carbocycles. The summed E-state index contributed by atoms with van der Waals surface area (Å²) >= 11 is 5.67. The van der Waals surface area contributed by atoms with Crippen molar-refractivity contribution >= 4 is 27.7 Å². The highest BCUT2D eigenvalue weighted by atomic mass is 79.9. The molecule has 0 aromatic carbocycles. The number of nitrogens with zero attached hydrogens (tertiary/aromatic N) is 3. The summed E-state index contributed by atoms with van der Waals surface area (Å²) in [6.45, 7) is 2.59. The highest BCUT2D eigenvalue weighted by Crippen LogP contribution is 2.31. The third-order valence-corrected chi connectivity index (χ3v) is 5.43. The van der Waals surface area contributed by atoms with E-state index in [4.69, 9.17) is 4.74 Å². The van der Waals surface area contributed by atoms with E-state index in [1.54, 1.807) is 7.11 Å².